The number of aliphatic carboxylic acids is 1. The summed E-state index contributed by atoms with van der Waals surface area (Å²) in [6, 6.07) is -0.534. The summed E-state index contributed by atoms with van der Waals surface area (Å²) in [5, 5.41) is 11.7. The average Bonchev–Trinajstić information content (AvgIpc) is 2.38. The summed E-state index contributed by atoms with van der Waals surface area (Å²) in [6.45, 7) is 4.02. The van der Waals surface area contributed by atoms with Gasteiger partial charge in [0, 0.05) is 13.1 Å². The number of urea groups is 1. The van der Waals surface area contributed by atoms with Gasteiger partial charge in [-0.2, -0.15) is 0 Å². The molecule has 1 saturated heterocycles. The van der Waals surface area contributed by atoms with E-state index in [0.717, 1.165) is 19.3 Å². The Morgan fingerprint density at radius 3 is 2.84 bits per heavy atom. The molecule has 2 amide bonds. The van der Waals surface area contributed by atoms with Crippen LogP contribution >= 0.6 is 0 Å². The lowest BCUT2D eigenvalue weighted by Crippen LogP contribution is -2.53. The SMILES string of the molecule is CCCCCCNC(=O)N1CCOCC1CC(=O)O. The molecule has 110 valence electrons. The van der Waals surface area contributed by atoms with Crippen LogP contribution in [0.2, 0.25) is 0 Å². The third-order valence-electron chi connectivity index (χ3n) is 3.21. The Bertz CT molecular complexity index is 296. The second-order valence-electron chi connectivity index (χ2n) is 4.81. The standard InChI is InChI=1S/C13H24N2O4/c1-2-3-4-5-6-14-13(18)15-7-8-19-10-11(15)9-12(16)17/h11H,2-10H2,1H3,(H,14,18)(H,16,17). The number of amides is 2. The van der Waals surface area contributed by atoms with Crippen molar-refractivity contribution < 1.29 is 19.4 Å². The molecule has 0 radical (unpaired) electrons. The van der Waals surface area contributed by atoms with E-state index in [0.29, 0.717) is 26.3 Å². The zero-order valence-corrected chi connectivity index (χ0v) is 11.6. The number of ether oxygens (including phenoxy) is 1. The van der Waals surface area contributed by atoms with Gasteiger partial charge < -0.3 is 20.1 Å². The van der Waals surface area contributed by atoms with E-state index in [2.05, 4.69) is 12.2 Å². The van der Waals surface area contributed by atoms with Crippen molar-refractivity contribution >= 4 is 12.0 Å². The molecule has 1 unspecified atom stereocenters. The van der Waals surface area contributed by atoms with Crippen molar-refractivity contribution in [3.63, 3.8) is 0 Å². The van der Waals surface area contributed by atoms with E-state index >= 15 is 0 Å². The summed E-state index contributed by atoms with van der Waals surface area (Å²) in [7, 11) is 0. The first-order valence-corrected chi connectivity index (χ1v) is 6.99. The molecule has 1 heterocycles. The molecule has 6 nitrogen and oxygen atoms in total. The lowest BCUT2D eigenvalue weighted by molar-refractivity contribution is -0.139. The minimum Gasteiger partial charge on any atom is -0.481 e. The van der Waals surface area contributed by atoms with Crippen LogP contribution in [0.25, 0.3) is 0 Å². The molecule has 1 fully saturated rings. The van der Waals surface area contributed by atoms with Gasteiger partial charge in [0.1, 0.15) is 0 Å². The fourth-order valence-corrected chi connectivity index (χ4v) is 2.14. The minimum absolute atomic E-state index is 0.0662. The second kappa shape index (κ2) is 8.74. The first-order valence-electron chi connectivity index (χ1n) is 6.99. The highest BCUT2D eigenvalue weighted by atomic mass is 16.5. The zero-order chi connectivity index (χ0) is 14.1. The monoisotopic (exact) mass is 272 g/mol. The number of morpholine rings is 1. The van der Waals surface area contributed by atoms with Crippen LogP contribution in [-0.2, 0) is 9.53 Å². The first kappa shape index (κ1) is 15.8. The lowest BCUT2D eigenvalue weighted by atomic mass is 10.1. The maximum Gasteiger partial charge on any atom is 0.317 e. The number of unbranched alkanes of at least 4 members (excludes halogenated alkanes) is 3. The van der Waals surface area contributed by atoms with Crippen molar-refractivity contribution in [3.05, 3.63) is 0 Å². The number of nitrogens with one attached hydrogen (secondary N) is 1. The lowest BCUT2D eigenvalue weighted by Gasteiger charge is -2.34. The van der Waals surface area contributed by atoms with Gasteiger partial charge in [-0.05, 0) is 6.42 Å². The molecule has 19 heavy (non-hydrogen) atoms. The van der Waals surface area contributed by atoms with E-state index in [9.17, 15) is 9.59 Å². The van der Waals surface area contributed by atoms with E-state index in [4.69, 9.17) is 9.84 Å². The Morgan fingerprint density at radius 1 is 1.37 bits per heavy atom. The van der Waals surface area contributed by atoms with Crippen LogP contribution in [0.5, 0.6) is 0 Å². The first-order chi connectivity index (χ1) is 9.15. The molecule has 1 atom stereocenters. The summed E-state index contributed by atoms with van der Waals surface area (Å²) in [5.74, 6) is -0.906. The van der Waals surface area contributed by atoms with Gasteiger partial charge in [0.25, 0.3) is 0 Å². The van der Waals surface area contributed by atoms with Crippen LogP contribution in [0.1, 0.15) is 39.0 Å². The Morgan fingerprint density at radius 2 is 2.16 bits per heavy atom. The molecular weight excluding hydrogens is 248 g/mol. The predicted octanol–water partition coefficient (Wildman–Crippen LogP) is 1.45. The van der Waals surface area contributed by atoms with Crippen molar-refractivity contribution in [1.29, 1.82) is 0 Å². The zero-order valence-electron chi connectivity index (χ0n) is 11.6. The largest absolute Gasteiger partial charge is 0.481 e. The van der Waals surface area contributed by atoms with E-state index in [1.807, 2.05) is 0 Å². The summed E-state index contributed by atoms with van der Waals surface area (Å²) in [6.07, 6.45) is 4.35. The quantitative estimate of drug-likeness (QED) is 0.688. The van der Waals surface area contributed by atoms with E-state index in [1.54, 1.807) is 4.90 Å². The minimum atomic E-state index is -0.906. The van der Waals surface area contributed by atoms with Gasteiger partial charge in [0.2, 0.25) is 0 Å². The number of nitrogens with zero attached hydrogens (tertiary/aromatic N) is 1. The molecule has 0 spiro atoms. The highest BCUT2D eigenvalue weighted by Crippen LogP contribution is 2.11. The van der Waals surface area contributed by atoms with Gasteiger partial charge in [0.15, 0.2) is 0 Å². The van der Waals surface area contributed by atoms with E-state index < -0.39 is 5.97 Å². The number of rotatable bonds is 7. The fourth-order valence-electron chi connectivity index (χ4n) is 2.14. The summed E-state index contributed by atoms with van der Waals surface area (Å²) >= 11 is 0. The number of carbonyl (C=O) groups excluding carboxylic acids is 1. The molecule has 0 bridgehead atoms. The van der Waals surface area contributed by atoms with E-state index in [-0.39, 0.29) is 18.5 Å². The second-order valence-corrected chi connectivity index (χ2v) is 4.81. The average molecular weight is 272 g/mol. The molecule has 0 aromatic rings. The van der Waals surface area contributed by atoms with Crippen molar-refractivity contribution in [2.24, 2.45) is 0 Å². The highest BCUT2D eigenvalue weighted by Gasteiger charge is 2.28. The Labute approximate surface area is 114 Å². The Balaban J connectivity index is 2.32. The van der Waals surface area contributed by atoms with Crippen molar-refractivity contribution in [1.82, 2.24) is 10.2 Å². The summed E-state index contributed by atoms with van der Waals surface area (Å²) < 4.78 is 5.24. The molecule has 0 saturated carbocycles. The topological polar surface area (TPSA) is 78.9 Å². The van der Waals surface area contributed by atoms with Crippen LogP contribution in [0, 0.1) is 0 Å². The molecule has 0 aromatic heterocycles. The maximum absolute atomic E-state index is 12.0. The van der Waals surface area contributed by atoms with E-state index in [1.165, 1.54) is 6.42 Å². The van der Waals surface area contributed by atoms with Crippen molar-refractivity contribution in [2.75, 3.05) is 26.3 Å². The van der Waals surface area contributed by atoms with Crippen LogP contribution < -0.4 is 5.32 Å². The molecular formula is C13H24N2O4. The Hall–Kier alpha value is -1.30. The highest BCUT2D eigenvalue weighted by molar-refractivity contribution is 5.76. The normalized spacial score (nSPS) is 19.2. The van der Waals surface area contributed by atoms with Gasteiger partial charge in [0.05, 0.1) is 25.7 Å². The van der Waals surface area contributed by atoms with Crippen LogP contribution in [-0.4, -0.2) is 54.4 Å². The summed E-state index contributed by atoms with van der Waals surface area (Å²) in [5.41, 5.74) is 0. The van der Waals surface area contributed by atoms with Crippen LogP contribution in [0.4, 0.5) is 4.79 Å². The molecule has 0 aromatic carbocycles. The molecule has 0 aliphatic carbocycles. The molecule has 1 aliphatic heterocycles. The number of hydrogen-bond donors (Lipinski definition) is 2. The van der Waals surface area contributed by atoms with Crippen molar-refractivity contribution in [3.8, 4) is 0 Å². The maximum atomic E-state index is 12.0. The van der Waals surface area contributed by atoms with Gasteiger partial charge in [-0.1, -0.05) is 26.2 Å². The van der Waals surface area contributed by atoms with Gasteiger partial charge in [-0.25, -0.2) is 4.79 Å². The molecule has 2 N–H and O–H groups in total. The third-order valence-corrected chi connectivity index (χ3v) is 3.21. The Kier molecular flexibility index (Phi) is 7.25. The summed E-state index contributed by atoms with van der Waals surface area (Å²) in [4.78, 5) is 24.3. The van der Waals surface area contributed by atoms with Crippen LogP contribution in [0.3, 0.4) is 0 Å². The van der Waals surface area contributed by atoms with Crippen LogP contribution in [0.15, 0.2) is 0 Å². The van der Waals surface area contributed by atoms with Gasteiger partial charge in [-0.3, -0.25) is 4.79 Å². The van der Waals surface area contributed by atoms with Crippen molar-refractivity contribution in [2.45, 2.75) is 45.1 Å². The molecule has 1 rings (SSSR count). The number of carboxylic acid groups (broad SMARTS) is 1. The number of carbonyl (C=O) groups is 2. The fraction of sp³-hybridized carbons (Fsp3) is 0.846. The van der Waals surface area contributed by atoms with Gasteiger partial charge >= 0.3 is 12.0 Å². The number of hydrogen-bond acceptors (Lipinski definition) is 3. The molecule has 1 aliphatic rings. The third kappa shape index (κ3) is 5.92. The smallest absolute Gasteiger partial charge is 0.317 e. The van der Waals surface area contributed by atoms with Gasteiger partial charge in [-0.15, -0.1) is 0 Å². The number of carboxylic acids is 1. The predicted molar refractivity (Wildman–Crippen MR) is 71.1 cm³/mol. The molecule has 6 heteroatoms.